The quantitative estimate of drug-likeness (QED) is 0.412. The summed E-state index contributed by atoms with van der Waals surface area (Å²) < 4.78 is 11.8. The minimum absolute atomic E-state index is 0.304. The lowest BCUT2D eigenvalue weighted by atomic mass is 10.2. The lowest BCUT2D eigenvalue weighted by Gasteiger charge is -2.36. The summed E-state index contributed by atoms with van der Waals surface area (Å²) in [5.74, 6) is 0. The van der Waals surface area contributed by atoms with Crippen LogP contribution in [-0.2, 0) is 15.8 Å². The Hall–Kier alpha value is -0.643. The molecule has 0 saturated carbocycles. The Bertz CT molecular complexity index is 396. The SMILES string of the molecule is CC(C)(C)[Si](C)(C)OCC[CH]CCCOCc1ccccc1. The van der Waals surface area contributed by atoms with Gasteiger partial charge in [0.1, 0.15) is 0 Å². The molecule has 0 heterocycles. The lowest BCUT2D eigenvalue weighted by molar-refractivity contribution is 0.118. The Labute approximate surface area is 138 Å². The van der Waals surface area contributed by atoms with Crippen molar-refractivity contribution in [2.45, 2.75) is 64.8 Å². The average molecular weight is 322 g/mol. The fourth-order valence-electron chi connectivity index (χ4n) is 1.85. The molecule has 0 atom stereocenters. The van der Waals surface area contributed by atoms with Crippen molar-refractivity contribution in [2.24, 2.45) is 0 Å². The van der Waals surface area contributed by atoms with Crippen LogP contribution in [0.1, 0.15) is 45.6 Å². The highest BCUT2D eigenvalue weighted by atomic mass is 28.4. The normalized spacial score (nSPS) is 12.6. The first-order valence-corrected chi connectivity index (χ1v) is 11.3. The number of hydrogen-bond acceptors (Lipinski definition) is 2. The molecule has 0 N–H and O–H groups in total. The largest absolute Gasteiger partial charge is 0.417 e. The van der Waals surface area contributed by atoms with Gasteiger partial charge >= 0.3 is 0 Å². The highest BCUT2D eigenvalue weighted by molar-refractivity contribution is 6.74. The third kappa shape index (κ3) is 7.57. The van der Waals surface area contributed by atoms with Crippen LogP contribution in [0, 0.1) is 6.42 Å². The summed E-state index contributed by atoms with van der Waals surface area (Å²) in [6.07, 6.45) is 5.58. The van der Waals surface area contributed by atoms with E-state index in [1.165, 1.54) is 5.56 Å². The van der Waals surface area contributed by atoms with E-state index in [9.17, 15) is 0 Å². The third-order valence-corrected chi connectivity index (χ3v) is 8.94. The molecule has 3 heteroatoms. The summed E-state index contributed by atoms with van der Waals surface area (Å²) in [4.78, 5) is 0. The molecule has 22 heavy (non-hydrogen) atoms. The fraction of sp³-hybridized carbons (Fsp3) is 0.632. The van der Waals surface area contributed by atoms with Crippen molar-refractivity contribution in [3.8, 4) is 0 Å². The molecule has 1 radical (unpaired) electrons. The molecule has 2 nitrogen and oxygen atoms in total. The molecule has 1 aromatic rings. The molecule has 0 unspecified atom stereocenters. The topological polar surface area (TPSA) is 18.5 Å². The molecule has 1 aromatic carbocycles. The standard InChI is InChI=1S/C19H33O2Si/c1-19(2,3)22(4,5)21-16-12-7-6-11-15-20-17-18-13-9-8-10-14-18/h7-10,13-14H,6,11-12,15-17H2,1-5H3. The Morgan fingerprint density at radius 1 is 1.00 bits per heavy atom. The second kappa shape index (κ2) is 9.49. The molecule has 0 aromatic heterocycles. The van der Waals surface area contributed by atoms with Crippen molar-refractivity contribution < 1.29 is 9.16 Å². The molecular formula is C19H33O2Si. The summed E-state index contributed by atoms with van der Waals surface area (Å²) in [5.41, 5.74) is 1.24. The van der Waals surface area contributed by atoms with Gasteiger partial charge in [-0.1, -0.05) is 51.1 Å². The maximum absolute atomic E-state index is 6.16. The summed E-state index contributed by atoms with van der Waals surface area (Å²) in [6.45, 7) is 13.9. The van der Waals surface area contributed by atoms with Gasteiger partial charge in [0.15, 0.2) is 8.32 Å². The molecule has 0 fully saturated rings. The van der Waals surface area contributed by atoms with E-state index in [1.54, 1.807) is 0 Å². The Morgan fingerprint density at radius 2 is 1.68 bits per heavy atom. The Morgan fingerprint density at radius 3 is 2.32 bits per heavy atom. The molecule has 0 aliphatic heterocycles. The predicted octanol–water partition coefficient (Wildman–Crippen LogP) is 5.60. The molecule has 0 amide bonds. The number of rotatable bonds is 10. The van der Waals surface area contributed by atoms with Gasteiger partial charge in [0, 0.05) is 13.2 Å². The van der Waals surface area contributed by atoms with Gasteiger partial charge in [0.05, 0.1) is 6.61 Å². The van der Waals surface area contributed by atoms with Gasteiger partial charge in [0.2, 0.25) is 0 Å². The van der Waals surface area contributed by atoms with E-state index in [0.29, 0.717) is 5.04 Å². The zero-order chi connectivity index (χ0) is 16.5. The average Bonchev–Trinajstić information content (AvgIpc) is 2.45. The number of ether oxygens (including phenoxy) is 1. The molecule has 0 saturated heterocycles. The molecule has 0 spiro atoms. The zero-order valence-corrected chi connectivity index (χ0v) is 16.0. The van der Waals surface area contributed by atoms with Crippen LogP contribution in [0.15, 0.2) is 30.3 Å². The van der Waals surface area contributed by atoms with E-state index in [1.807, 2.05) is 6.07 Å². The van der Waals surface area contributed by atoms with Crippen LogP contribution in [0.5, 0.6) is 0 Å². The smallest absolute Gasteiger partial charge is 0.191 e. The first kappa shape index (κ1) is 19.4. The van der Waals surface area contributed by atoms with E-state index in [2.05, 4.69) is 64.6 Å². The van der Waals surface area contributed by atoms with Gasteiger partial charge in [-0.3, -0.25) is 0 Å². The maximum Gasteiger partial charge on any atom is 0.191 e. The highest BCUT2D eigenvalue weighted by Gasteiger charge is 2.36. The molecule has 125 valence electrons. The zero-order valence-electron chi connectivity index (χ0n) is 15.0. The number of benzene rings is 1. The van der Waals surface area contributed by atoms with Crippen LogP contribution in [0.3, 0.4) is 0 Å². The minimum Gasteiger partial charge on any atom is -0.417 e. The van der Waals surface area contributed by atoms with Crippen LogP contribution in [0.4, 0.5) is 0 Å². The number of hydrogen-bond donors (Lipinski definition) is 0. The monoisotopic (exact) mass is 321 g/mol. The summed E-state index contributed by atoms with van der Waals surface area (Å²) in [7, 11) is -1.57. The van der Waals surface area contributed by atoms with E-state index in [4.69, 9.17) is 9.16 Å². The second-order valence-electron chi connectivity index (χ2n) is 7.37. The van der Waals surface area contributed by atoms with E-state index < -0.39 is 8.32 Å². The van der Waals surface area contributed by atoms with Gasteiger partial charge in [-0.25, -0.2) is 0 Å². The van der Waals surface area contributed by atoms with Crippen molar-refractivity contribution in [2.75, 3.05) is 13.2 Å². The predicted molar refractivity (Wildman–Crippen MR) is 97.4 cm³/mol. The Balaban J connectivity index is 1.96. The molecular weight excluding hydrogens is 288 g/mol. The van der Waals surface area contributed by atoms with Crippen LogP contribution in [-0.4, -0.2) is 21.5 Å². The highest BCUT2D eigenvalue weighted by Crippen LogP contribution is 2.36. The van der Waals surface area contributed by atoms with Crippen molar-refractivity contribution in [1.82, 2.24) is 0 Å². The van der Waals surface area contributed by atoms with E-state index in [-0.39, 0.29) is 0 Å². The van der Waals surface area contributed by atoms with Gasteiger partial charge in [0.25, 0.3) is 0 Å². The van der Waals surface area contributed by atoms with Gasteiger partial charge in [-0.15, -0.1) is 0 Å². The van der Waals surface area contributed by atoms with Gasteiger partial charge in [-0.2, -0.15) is 0 Å². The van der Waals surface area contributed by atoms with Gasteiger partial charge in [-0.05, 0) is 49.4 Å². The minimum atomic E-state index is -1.57. The maximum atomic E-state index is 6.16. The fourth-order valence-corrected chi connectivity index (χ4v) is 2.91. The summed E-state index contributed by atoms with van der Waals surface area (Å²) in [6, 6.07) is 10.3. The number of unbranched alkanes of at least 4 members (excludes halogenated alkanes) is 3. The Kier molecular flexibility index (Phi) is 8.37. The van der Waals surface area contributed by atoms with Crippen molar-refractivity contribution in [3.05, 3.63) is 42.3 Å². The summed E-state index contributed by atoms with van der Waals surface area (Å²) in [5, 5.41) is 0.304. The molecule has 0 bridgehead atoms. The van der Waals surface area contributed by atoms with E-state index >= 15 is 0 Å². The first-order chi connectivity index (χ1) is 10.3. The molecule has 0 aliphatic carbocycles. The van der Waals surface area contributed by atoms with Crippen LogP contribution in [0.2, 0.25) is 18.1 Å². The second-order valence-corrected chi connectivity index (χ2v) is 12.2. The molecule has 0 aliphatic rings. The van der Waals surface area contributed by atoms with Crippen LogP contribution in [0.25, 0.3) is 0 Å². The van der Waals surface area contributed by atoms with Crippen LogP contribution >= 0.6 is 0 Å². The third-order valence-electron chi connectivity index (χ3n) is 4.40. The van der Waals surface area contributed by atoms with E-state index in [0.717, 1.165) is 39.1 Å². The van der Waals surface area contributed by atoms with Crippen LogP contribution < -0.4 is 0 Å². The van der Waals surface area contributed by atoms with Crippen molar-refractivity contribution in [1.29, 1.82) is 0 Å². The van der Waals surface area contributed by atoms with Crippen molar-refractivity contribution >= 4 is 8.32 Å². The summed E-state index contributed by atoms with van der Waals surface area (Å²) >= 11 is 0. The molecule has 1 rings (SSSR count). The van der Waals surface area contributed by atoms with Crippen molar-refractivity contribution in [3.63, 3.8) is 0 Å². The lowest BCUT2D eigenvalue weighted by Crippen LogP contribution is -2.40. The van der Waals surface area contributed by atoms with Gasteiger partial charge < -0.3 is 9.16 Å². The first-order valence-electron chi connectivity index (χ1n) is 8.40.